The Balaban J connectivity index is 2.54. The normalized spacial score (nSPS) is 11.2. The van der Waals surface area contributed by atoms with E-state index in [1.807, 2.05) is 0 Å². The highest BCUT2D eigenvalue weighted by atomic mass is 32.2. The van der Waals surface area contributed by atoms with Gasteiger partial charge in [-0.2, -0.15) is 8.42 Å². The van der Waals surface area contributed by atoms with Gasteiger partial charge < -0.3 is 10.5 Å². The summed E-state index contributed by atoms with van der Waals surface area (Å²) in [6.07, 6.45) is 0.927. The van der Waals surface area contributed by atoms with Gasteiger partial charge in [0.2, 0.25) is 0 Å². The van der Waals surface area contributed by atoms with E-state index in [1.165, 1.54) is 18.2 Å². The van der Waals surface area contributed by atoms with Crippen LogP contribution in [-0.2, 0) is 14.3 Å². The van der Waals surface area contributed by atoms with Crippen LogP contribution in [0.3, 0.4) is 0 Å². The monoisotopic (exact) mass is 276 g/mol. The molecule has 0 radical (unpaired) electrons. The molecule has 0 atom stereocenters. The predicted octanol–water partition coefficient (Wildman–Crippen LogP) is 0.532. The van der Waals surface area contributed by atoms with Gasteiger partial charge in [-0.1, -0.05) is 0 Å². The van der Waals surface area contributed by atoms with Gasteiger partial charge in [-0.05, 0) is 6.07 Å². The summed E-state index contributed by atoms with van der Waals surface area (Å²) >= 11 is 0. The van der Waals surface area contributed by atoms with E-state index in [1.54, 1.807) is 0 Å². The smallest absolute Gasteiger partial charge is 0.292 e. The van der Waals surface area contributed by atoms with Crippen molar-refractivity contribution in [3.8, 4) is 5.75 Å². The number of nitrogens with zero attached hydrogens (tertiary/aromatic N) is 1. The van der Waals surface area contributed by atoms with Crippen LogP contribution in [-0.4, -0.2) is 32.8 Å². The topological polar surface area (TPSA) is 122 Å². The molecule has 1 aromatic rings. The van der Waals surface area contributed by atoms with Gasteiger partial charge in [0.25, 0.3) is 15.8 Å². The molecule has 0 aromatic heterocycles. The maximum Gasteiger partial charge on any atom is 0.292 e. The van der Waals surface area contributed by atoms with E-state index in [-0.39, 0.29) is 24.6 Å². The second-order valence-electron chi connectivity index (χ2n) is 3.35. The molecule has 0 amide bonds. The number of anilines is 1. The maximum absolute atomic E-state index is 10.6. The lowest BCUT2D eigenvalue weighted by Crippen LogP contribution is -2.11. The van der Waals surface area contributed by atoms with Crippen molar-refractivity contribution >= 4 is 21.5 Å². The van der Waals surface area contributed by atoms with Crippen molar-refractivity contribution in [3.05, 3.63) is 28.3 Å². The Morgan fingerprint density at radius 3 is 2.56 bits per heavy atom. The first-order valence-electron chi connectivity index (χ1n) is 4.81. The Kier molecular flexibility index (Phi) is 4.45. The van der Waals surface area contributed by atoms with Gasteiger partial charge in [-0.15, -0.1) is 0 Å². The highest BCUT2D eigenvalue weighted by Gasteiger charge is 2.11. The van der Waals surface area contributed by atoms with Crippen molar-refractivity contribution in [2.24, 2.45) is 0 Å². The summed E-state index contributed by atoms with van der Waals surface area (Å²) in [5.74, 6) is 0.301. The fourth-order valence-corrected chi connectivity index (χ4v) is 1.50. The van der Waals surface area contributed by atoms with Crippen LogP contribution in [0.15, 0.2) is 18.2 Å². The highest BCUT2D eigenvalue weighted by molar-refractivity contribution is 7.85. The van der Waals surface area contributed by atoms with Crippen LogP contribution in [0.25, 0.3) is 0 Å². The van der Waals surface area contributed by atoms with Crippen molar-refractivity contribution in [3.63, 3.8) is 0 Å². The Hall–Kier alpha value is -1.87. The molecular formula is C9H12N2O6S. The minimum absolute atomic E-state index is 0.00960. The lowest BCUT2D eigenvalue weighted by molar-refractivity contribution is -0.383. The quantitative estimate of drug-likeness (QED) is 0.264. The molecule has 100 valence electrons. The molecule has 0 heterocycles. The molecule has 1 rings (SSSR count). The van der Waals surface area contributed by atoms with E-state index >= 15 is 0 Å². The molecule has 9 heteroatoms. The number of nitrogens with two attached hydrogens (primary N) is 1. The van der Waals surface area contributed by atoms with Gasteiger partial charge in [0.05, 0.1) is 11.2 Å². The molecule has 0 fully saturated rings. The van der Waals surface area contributed by atoms with Crippen LogP contribution in [0, 0.1) is 10.1 Å². The molecule has 0 saturated carbocycles. The maximum atomic E-state index is 10.6. The van der Waals surface area contributed by atoms with Crippen molar-refractivity contribution in [2.45, 2.75) is 0 Å². The molecule has 0 aliphatic rings. The SMILES string of the molecule is CS(=O)(=O)OCCOc1ccc([N+](=O)[O-])c(N)c1. The van der Waals surface area contributed by atoms with Crippen LogP contribution < -0.4 is 10.5 Å². The highest BCUT2D eigenvalue weighted by Crippen LogP contribution is 2.25. The first-order chi connectivity index (χ1) is 8.29. The van der Waals surface area contributed by atoms with E-state index in [9.17, 15) is 18.5 Å². The third kappa shape index (κ3) is 4.55. The van der Waals surface area contributed by atoms with Crippen LogP contribution in [0.1, 0.15) is 0 Å². The number of nitro benzene ring substituents is 1. The molecule has 1 aromatic carbocycles. The molecule has 0 aliphatic carbocycles. The molecule has 0 aliphatic heterocycles. The van der Waals surface area contributed by atoms with Gasteiger partial charge in [0.1, 0.15) is 24.7 Å². The third-order valence-electron chi connectivity index (χ3n) is 1.85. The van der Waals surface area contributed by atoms with E-state index in [0.717, 1.165) is 6.26 Å². The standard InChI is InChI=1S/C9H12N2O6S/c1-18(14,15)17-5-4-16-7-2-3-9(11(12)13)8(10)6-7/h2-3,6H,4-5,10H2,1H3. The van der Waals surface area contributed by atoms with E-state index in [2.05, 4.69) is 4.18 Å². The summed E-state index contributed by atoms with van der Waals surface area (Å²) in [6, 6.07) is 3.87. The zero-order valence-electron chi connectivity index (χ0n) is 9.53. The van der Waals surface area contributed by atoms with Gasteiger partial charge in [0.15, 0.2) is 0 Å². The molecule has 0 unspecified atom stereocenters. The Morgan fingerprint density at radius 1 is 1.39 bits per heavy atom. The number of rotatable bonds is 6. The van der Waals surface area contributed by atoms with E-state index in [0.29, 0.717) is 5.75 Å². The minimum Gasteiger partial charge on any atom is -0.491 e. The Bertz CT molecular complexity index is 542. The summed E-state index contributed by atoms with van der Waals surface area (Å²) < 4.78 is 30.9. The zero-order chi connectivity index (χ0) is 13.8. The van der Waals surface area contributed by atoms with Crippen LogP contribution in [0.4, 0.5) is 11.4 Å². The van der Waals surface area contributed by atoms with Gasteiger partial charge in [0, 0.05) is 12.1 Å². The summed E-state index contributed by atoms with van der Waals surface area (Å²) in [6.45, 7) is -0.153. The molecular weight excluding hydrogens is 264 g/mol. The number of benzene rings is 1. The van der Waals surface area contributed by atoms with E-state index < -0.39 is 15.0 Å². The number of hydrogen-bond donors (Lipinski definition) is 1. The molecule has 2 N–H and O–H groups in total. The molecule has 18 heavy (non-hydrogen) atoms. The number of hydrogen-bond acceptors (Lipinski definition) is 7. The summed E-state index contributed by atoms with van der Waals surface area (Å²) in [7, 11) is -3.50. The molecule has 0 saturated heterocycles. The Labute approximate surface area is 104 Å². The number of ether oxygens (including phenoxy) is 1. The zero-order valence-corrected chi connectivity index (χ0v) is 10.3. The largest absolute Gasteiger partial charge is 0.491 e. The average Bonchev–Trinajstić information content (AvgIpc) is 2.22. The predicted molar refractivity (Wildman–Crippen MR) is 63.8 cm³/mol. The van der Waals surface area contributed by atoms with Gasteiger partial charge >= 0.3 is 0 Å². The molecule has 8 nitrogen and oxygen atoms in total. The van der Waals surface area contributed by atoms with Crippen molar-refractivity contribution in [1.82, 2.24) is 0 Å². The summed E-state index contributed by atoms with van der Waals surface area (Å²) in [5.41, 5.74) is 5.21. The second-order valence-corrected chi connectivity index (χ2v) is 5.00. The lowest BCUT2D eigenvalue weighted by atomic mass is 10.2. The molecule has 0 bridgehead atoms. The fourth-order valence-electron chi connectivity index (χ4n) is 1.13. The second kappa shape index (κ2) is 5.65. The number of nitro groups is 1. The fraction of sp³-hybridized carbons (Fsp3) is 0.333. The van der Waals surface area contributed by atoms with Crippen molar-refractivity contribution in [1.29, 1.82) is 0 Å². The van der Waals surface area contributed by atoms with Gasteiger partial charge in [-0.25, -0.2) is 0 Å². The van der Waals surface area contributed by atoms with Crippen LogP contribution in [0.5, 0.6) is 5.75 Å². The third-order valence-corrected chi connectivity index (χ3v) is 2.44. The summed E-state index contributed by atoms with van der Waals surface area (Å²) in [4.78, 5) is 9.90. The van der Waals surface area contributed by atoms with Crippen molar-refractivity contribution in [2.75, 3.05) is 25.2 Å². The van der Waals surface area contributed by atoms with Gasteiger partial charge in [-0.3, -0.25) is 14.3 Å². The summed E-state index contributed by atoms with van der Waals surface area (Å²) in [5, 5.41) is 10.5. The molecule has 0 spiro atoms. The average molecular weight is 276 g/mol. The minimum atomic E-state index is -3.50. The number of nitrogen functional groups attached to an aromatic ring is 1. The van der Waals surface area contributed by atoms with Crippen LogP contribution >= 0.6 is 0 Å². The first-order valence-corrected chi connectivity index (χ1v) is 6.62. The van der Waals surface area contributed by atoms with E-state index in [4.69, 9.17) is 10.5 Å². The van der Waals surface area contributed by atoms with Crippen LogP contribution in [0.2, 0.25) is 0 Å². The Morgan fingerprint density at radius 2 is 2.06 bits per heavy atom. The lowest BCUT2D eigenvalue weighted by Gasteiger charge is -2.06. The van der Waals surface area contributed by atoms with Crippen molar-refractivity contribution < 1.29 is 22.3 Å². The first kappa shape index (κ1) is 14.2.